The van der Waals surface area contributed by atoms with Crippen LogP contribution in [0.1, 0.15) is 219 Å². The van der Waals surface area contributed by atoms with E-state index >= 15 is 0 Å². The Labute approximate surface area is 556 Å². The molecular weight excluding hydrogens is 1190 g/mol. The average Bonchev–Trinajstić information content (AvgIpc) is 1.02. The molecule has 93 heavy (non-hydrogen) atoms. The van der Waals surface area contributed by atoms with Gasteiger partial charge in [-0.05, 0) is 183 Å². The van der Waals surface area contributed by atoms with Crippen molar-refractivity contribution in [2.45, 2.75) is 285 Å². The van der Waals surface area contributed by atoms with E-state index in [1.165, 1.54) is 0 Å². The molecule has 0 radical (unpaired) electrons. The fourth-order valence-corrected chi connectivity index (χ4v) is 10.6. The molecule has 0 saturated heterocycles. The quantitative estimate of drug-likeness (QED) is 0.0384. The van der Waals surface area contributed by atoms with Gasteiger partial charge in [0.25, 0.3) is 0 Å². The maximum absolute atomic E-state index is 14.6. The monoisotopic (exact) mass is 1320 g/mol. The van der Waals surface area contributed by atoms with E-state index in [4.69, 9.17) is 34.4 Å². The standard InChI is InChI=1S/C66H128N16O11/c1-38(2)31-49(56(72)83)76-63(90)52(34-41(7)8)82-66(93)55(37-44(13)14)79-60(87)48(26-18-22-30-70)75-62(89)51(33-40(5)6)81-65(92)54(36-43(11)12)78-59(86)47(25-17-21-29-69)74-61(88)50(32-39(3)4)80-64(91)53(35-42(9)10)77-58(85)46(24-16-20-28-68)73-57(84)45(71)23-15-19-27-67/h38-55H,15-37,67-71H2,1-14H3,(H2,72,83)(H,73,84)(H,74,88)(H,75,89)(H,76,90)(H,77,85)(H,78,86)(H,79,87)(H,80,91)(H,81,92)(H,82,93)/t45-,46+,47+,48+,49-,50+,51+,52+,53+,54+,55+/m1/s1. The van der Waals surface area contributed by atoms with Crippen molar-refractivity contribution in [3.8, 4) is 0 Å². The Bertz CT molecular complexity index is 2270. The molecule has 0 aromatic heterocycles. The Hall–Kier alpha value is -6.03. The van der Waals surface area contributed by atoms with Gasteiger partial charge in [-0.2, -0.15) is 0 Å². The van der Waals surface area contributed by atoms with Gasteiger partial charge in [-0.3, -0.25) is 52.7 Å². The van der Waals surface area contributed by atoms with E-state index < -0.39 is 131 Å². The molecule has 0 aliphatic heterocycles. The van der Waals surface area contributed by atoms with Gasteiger partial charge < -0.3 is 87.6 Å². The van der Waals surface area contributed by atoms with Crippen LogP contribution in [-0.2, 0) is 52.7 Å². The zero-order valence-electron chi connectivity index (χ0n) is 59.1. The van der Waals surface area contributed by atoms with Crippen LogP contribution in [0.2, 0.25) is 0 Å². The van der Waals surface area contributed by atoms with E-state index in [0.29, 0.717) is 77.4 Å². The summed E-state index contributed by atoms with van der Waals surface area (Å²) >= 11 is 0. The first kappa shape index (κ1) is 87.0. The summed E-state index contributed by atoms with van der Waals surface area (Å²) < 4.78 is 0. The summed E-state index contributed by atoms with van der Waals surface area (Å²) in [4.78, 5) is 154. The molecule has 0 fully saturated rings. The SMILES string of the molecule is CC(C)C[C@H](NC(=O)[C@H](CCCCN)NC(=O)[C@H](N)CCCCN)C(=O)N[C@@H](CC(C)C)C(=O)N[C@@H](CCCCN)C(=O)N[C@@H](CC(C)C)C(=O)N[C@@H](CC(C)C)C(=O)N[C@@H](CCCCN)C(=O)N[C@@H](CC(C)C)C(=O)N[C@@H](CC(C)C)C(=O)N[C@H](CC(C)C)C(N)=O. The van der Waals surface area contributed by atoms with Gasteiger partial charge in [0, 0.05) is 0 Å². The van der Waals surface area contributed by atoms with Gasteiger partial charge in [0.05, 0.1) is 6.04 Å². The molecule has 0 rings (SSSR count). The molecule has 27 nitrogen and oxygen atoms in total. The summed E-state index contributed by atoms with van der Waals surface area (Å²) in [5.41, 5.74) is 34.9. The van der Waals surface area contributed by atoms with Gasteiger partial charge in [-0.15, -0.1) is 0 Å². The zero-order valence-corrected chi connectivity index (χ0v) is 59.1. The second kappa shape index (κ2) is 47.8. The van der Waals surface area contributed by atoms with Crippen LogP contribution in [-0.4, -0.2) is 158 Å². The van der Waals surface area contributed by atoms with Crippen molar-refractivity contribution in [3.05, 3.63) is 0 Å². The molecule has 0 aliphatic carbocycles. The Morgan fingerprint density at radius 1 is 0.237 bits per heavy atom. The van der Waals surface area contributed by atoms with Gasteiger partial charge in [-0.25, -0.2) is 0 Å². The number of hydrogen-bond acceptors (Lipinski definition) is 16. The van der Waals surface area contributed by atoms with Crippen LogP contribution in [0.25, 0.3) is 0 Å². The third-order valence-electron chi connectivity index (χ3n) is 15.5. The number of carbonyl (C=O) groups is 11. The van der Waals surface area contributed by atoms with E-state index in [0.717, 1.165) is 0 Å². The molecule has 0 heterocycles. The van der Waals surface area contributed by atoms with Crippen molar-refractivity contribution in [2.75, 3.05) is 26.2 Å². The zero-order chi connectivity index (χ0) is 71.1. The number of nitrogens with two attached hydrogens (primary N) is 6. The molecule has 0 bridgehead atoms. The van der Waals surface area contributed by atoms with Crippen LogP contribution >= 0.6 is 0 Å². The van der Waals surface area contributed by atoms with Crippen molar-refractivity contribution in [2.24, 2.45) is 75.8 Å². The van der Waals surface area contributed by atoms with Crippen LogP contribution in [0, 0.1) is 41.4 Å². The first-order valence-electron chi connectivity index (χ1n) is 34.5. The number of primary amides is 1. The predicted molar refractivity (Wildman–Crippen MR) is 364 cm³/mol. The number of nitrogens with one attached hydrogen (secondary N) is 10. The van der Waals surface area contributed by atoms with Gasteiger partial charge in [0.15, 0.2) is 0 Å². The van der Waals surface area contributed by atoms with Crippen molar-refractivity contribution >= 4 is 65.0 Å². The van der Waals surface area contributed by atoms with Crippen molar-refractivity contribution in [1.29, 1.82) is 0 Å². The summed E-state index contributed by atoms with van der Waals surface area (Å²) in [5.74, 6) is -7.99. The van der Waals surface area contributed by atoms with Crippen LogP contribution in [0.15, 0.2) is 0 Å². The van der Waals surface area contributed by atoms with Gasteiger partial charge >= 0.3 is 0 Å². The fraction of sp³-hybridized carbons (Fsp3) is 0.833. The highest BCUT2D eigenvalue weighted by molar-refractivity contribution is 5.99. The highest BCUT2D eigenvalue weighted by atomic mass is 16.2. The molecule has 0 unspecified atom stereocenters. The number of unbranched alkanes of at least 4 members (excludes halogenated alkanes) is 4. The van der Waals surface area contributed by atoms with Gasteiger partial charge in [0.1, 0.15) is 60.4 Å². The van der Waals surface area contributed by atoms with Gasteiger partial charge in [0.2, 0.25) is 65.0 Å². The first-order valence-corrected chi connectivity index (χ1v) is 34.5. The Morgan fingerprint density at radius 3 is 0.591 bits per heavy atom. The van der Waals surface area contributed by atoms with E-state index in [9.17, 15) is 52.7 Å². The van der Waals surface area contributed by atoms with Crippen molar-refractivity contribution in [1.82, 2.24) is 53.2 Å². The molecule has 538 valence electrons. The van der Waals surface area contributed by atoms with E-state index in [1.807, 2.05) is 96.9 Å². The van der Waals surface area contributed by atoms with Crippen LogP contribution in [0.4, 0.5) is 0 Å². The Kier molecular flexibility index (Phi) is 44.7. The van der Waals surface area contributed by atoms with Crippen LogP contribution in [0.5, 0.6) is 0 Å². The smallest absolute Gasteiger partial charge is 0.243 e. The lowest BCUT2D eigenvalue weighted by Gasteiger charge is -2.30. The molecule has 11 amide bonds. The first-order chi connectivity index (χ1) is 43.6. The summed E-state index contributed by atoms with van der Waals surface area (Å²) in [6.45, 7) is 27.5. The average molecular weight is 1320 g/mol. The maximum atomic E-state index is 14.6. The molecule has 0 aliphatic rings. The lowest BCUT2D eigenvalue weighted by molar-refractivity contribution is -0.136. The second-order valence-corrected chi connectivity index (χ2v) is 28.2. The molecule has 27 heteroatoms. The normalized spacial score (nSPS) is 15.2. The van der Waals surface area contributed by atoms with Crippen molar-refractivity contribution in [3.63, 3.8) is 0 Å². The number of rotatable bonds is 51. The largest absolute Gasteiger partial charge is 0.368 e. The number of hydrogen-bond donors (Lipinski definition) is 16. The molecule has 0 saturated carbocycles. The lowest BCUT2D eigenvalue weighted by Crippen LogP contribution is -2.61. The van der Waals surface area contributed by atoms with E-state index in [2.05, 4.69) is 53.2 Å². The number of amides is 11. The second-order valence-electron chi connectivity index (χ2n) is 28.2. The van der Waals surface area contributed by atoms with E-state index in [1.54, 1.807) is 0 Å². The lowest BCUT2D eigenvalue weighted by atomic mass is 9.98. The minimum Gasteiger partial charge on any atom is -0.368 e. The molecule has 11 atom stereocenters. The minimum atomic E-state index is -1.23. The third kappa shape index (κ3) is 38.2. The van der Waals surface area contributed by atoms with E-state index in [-0.39, 0.29) is 112 Å². The maximum Gasteiger partial charge on any atom is 0.243 e. The summed E-state index contributed by atoms with van der Waals surface area (Å²) in [7, 11) is 0. The number of carbonyl (C=O) groups excluding carboxylic acids is 11. The summed E-state index contributed by atoms with van der Waals surface area (Å²) in [5, 5.41) is 28.1. The highest BCUT2D eigenvalue weighted by Gasteiger charge is 2.37. The van der Waals surface area contributed by atoms with Crippen LogP contribution < -0.4 is 87.6 Å². The predicted octanol–water partition coefficient (Wildman–Crippen LogP) is 1.49. The topological polar surface area (TPSA) is 464 Å². The van der Waals surface area contributed by atoms with Crippen LogP contribution in [0.3, 0.4) is 0 Å². The summed E-state index contributed by atoms with van der Waals surface area (Å²) in [6.07, 6.45) is 6.18. The van der Waals surface area contributed by atoms with Gasteiger partial charge in [-0.1, -0.05) is 103 Å². The Morgan fingerprint density at radius 2 is 0.398 bits per heavy atom. The summed E-state index contributed by atoms with van der Waals surface area (Å²) in [6, 6.07) is -12.3. The molecule has 0 spiro atoms. The molecule has 22 N–H and O–H groups in total. The Balaban J connectivity index is 7.03. The highest BCUT2D eigenvalue weighted by Crippen LogP contribution is 2.17. The van der Waals surface area contributed by atoms with Crippen molar-refractivity contribution < 1.29 is 52.7 Å². The molecular formula is C66H128N16O11. The molecule has 0 aromatic rings. The molecule has 0 aromatic carbocycles. The third-order valence-corrected chi connectivity index (χ3v) is 15.5. The minimum absolute atomic E-state index is 0.0280. The fourth-order valence-electron chi connectivity index (χ4n) is 10.6.